The molecule has 0 amide bonds. The maximum absolute atomic E-state index is 12.8. The van der Waals surface area contributed by atoms with Crippen LogP contribution in [0, 0.1) is 6.92 Å². The highest BCUT2D eigenvalue weighted by Crippen LogP contribution is 2.31. The highest BCUT2D eigenvalue weighted by molar-refractivity contribution is 5.81. The number of carboxylic acids is 1. The number of ether oxygens (including phenoxy) is 1. The average molecular weight is 472 g/mol. The van der Waals surface area contributed by atoms with Crippen LogP contribution in [0.3, 0.4) is 0 Å². The number of aliphatic carboxylic acids is 1. The first-order valence-corrected chi connectivity index (χ1v) is 10.8. The number of hydrogen-bond acceptors (Lipinski definition) is 4. The molecule has 0 aliphatic heterocycles. The van der Waals surface area contributed by atoms with Crippen LogP contribution in [0.15, 0.2) is 59.1 Å². The van der Waals surface area contributed by atoms with Gasteiger partial charge in [-0.05, 0) is 68.3 Å². The second kappa shape index (κ2) is 9.62. The number of aryl methyl sites for hydroxylation is 2. The lowest BCUT2D eigenvalue weighted by molar-refractivity contribution is -0.138. The zero-order chi connectivity index (χ0) is 24.3. The molecule has 0 atom stereocenters. The summed E-state index contributed by atoms with van der Waals surface area (Å²) in [6, 6.07) is 12.3. The fraction of sp³-hybridized carbons (Fsp3) is 0.280. The fourth-order valence-electron chi connectivity index (χ4n) is 3.66. The quantitative estimate of drug-likeness (QED) is 0.283. The number of rotatable bonds is 9. The second-order valence-corrected chi connectivity index (χ2v) is 7.97. The lowest BCUT2D eigenvalue weighted by Crippen LogP contribution is -2.04. The van der Waals surface area contributed by atoms with Crippen LogP contribution in [0.1, 0.15) is 36.3 Å². The van der Waals surface area contributed by atoms with Crippen molar-refractivity contribution in [3.63, 3.8) is 0 Å². The first-order chi connectivity index (χ1) is 16.2. The van der Waals surface area contributed by atoms with Gasteiger partial charge in [-0.3, -0.25) is 4.79 Å². The number of hydrogen-bond donors (Lipinski definition) is 1. The van der Waals surface area contributed by atoms with E-state index in [9.17, 15) is 18.0 Å². The summed E-state index contributed by atoms with van der Waals surface area (Å²) >= 11 is 0. The van der Waals surface area contributed by atoms with E-state index in [0.29, 0.717) is 29.2 Å². The predicted molar refractivity (Wildman–Crippen MR) is 119 cm³/mol. The Hall–Kier alpha value is -3.75. The first kappa shape index (κ1) is 23.4. The summed E-state index contributed by atoms with van der Waals surface area (Å²) < 4.78 is 51.9. The van der Waals surface area contributed by atoms with Gasteiger partial charge in [0, 0.05) is 35.6 Å². The van der Waals surface area contributed by atoms with Gasteiger partial charge in [0.2, 0.25) is 5.89 Å². The SMILES string of the molecule is Cc1oc(-c2ccc(C(F)(F)F)cc2)nc1COc1ccc2c(ccn2CCCCC(=O)O)c1. The van der Waals surface area contributed by atoms with E-state index in [1.807, 2.05) is 30.5 Å². The largest absolute Gasteiger partial charge is 0.487 e. The monoisotopic (exact) mass is 472 g/mol. The Morgan fingerprint density at radius 1 is 1.12 bits per heavy atom. The smallest absolute Gasteiger partial charge is 0.416 e. The topological polar surface area (TPSA) is 77.5 Å². The molecule has 0 saturated heterocycles. The van der Waals surface area contributed by atoms with Crippen molar-refractivity contribution >= 4 is 16.9 Å². The van der Waals surface area contributed by atoms with E-state index in [1.165, 1.54) is 12.1 Å². The maximum Gasteiger partial charge on any atom is 0.416 e. The van der Waals surface area contributed by atoms with Gasteiger partial charge in [-0.15, -0.1) is 0 Å². The van der Waals surface area contributed by atoms with Crippen molar-refractivity contribution in [1.82, 2.24) is 9.55 Å². The molecule has 0 aliphatic carbocycles. The van der Waals surface area contributed by atoms with E-state index in [4.69, 9.17) is 14.3 Å². The van der Waals surface area contributed by atoms with Crippen molar-refractivity contribution in [2.75, 3.05) is 0 Å². The van der Waals surface area contributed by atoms with Gasteiger partial charge in [-0.25, -0.2) is 4.98 Å². The summed E-state index contributed by atoms with van der Waals surface area (Å²) in [7, 11) is 0. The number of benzene rings is 2. The van der Waals surface area contributed by atoms with Crippen molar-refractivity contribution in [2.45, 2.75) is 45.5 Å². The standard InChI is InChI=1S/C25H23F3N2O4/c1-16-21(29-24(34-16)17-5-7-19(8-6-17)25(26,27)28)15-33-20-9-10-22-18(14-20)11-13-30(22)12-3-2-4-23(31)32/h5-11,13-14H,2-4,12,15H2,1H3,(H,31,32). The average Bonchev–Trinajstić information content (AvgIpc) is 3.37. The van der Waals surface area contributed by atoms with Gasteiger partial charge < -0.3 is 18.8 Å². The van der Waals surface area contributed by atoms with E-state index >= 15 is 0 Å². The second-order valence-electron chi connectivity index (χ2n) is 7.97. The predicted octanol–water partition coefficient (Wildman–Crippen LogP) is 6.46. The van der Waals surface area contributed by atoms with Crippen molar-refractivity contribution in [1.29, 1.82) is 0 Å². The van der Waals surface area contributed by atoms with Crippen LogP contribution in [-0.4, -0.2) is 20.6 Å². The molecule has 178 valence electrons. The minimum Gasteiger partial charge on any atom is -0.487 e. The Labute approximate surface area is 193 Å². The number of carboxylic acid groups (broad SMARTS) is 1. The van der Waals surface area contributed by atoms with Crippen LogP contribution in [0.5, 0.6) is 5.75 Å². The number of halogens is 3. The number of alkyl halides is 3. The summed E-state index contributed by atoms with van der Waals surface area (Å²) in [5.74, 6) is 0.631. The molecule has 0 saturated carbocycles. The van der Waals surface area contributed by atoms with Crippen molar-refractivity contribution in [2.24, 2.45) is 0 Å². The number of unbranched alkanes of at least 4 members (excludes halogenated alkanes) is 1. The third kappa shape index (κ3) is 5.41. The molecule has 0 fully saturated rings. The zero-order valence-electron chi connectivity index (χ0n) is 18.4. The van der Waals surface area contributed by atoms with Crippen LogP contribution in [0.25, 0.3) is 22.4 Å². The highest BCUT2D eigenvalue weighted by Gasteiger charge is 2.30. The van der Waals surface area contributed by atoms with Crippen LogP contribution in [0.4, 0.5) is 13.2 Å². The molecule has 4 rings (SSSR count). The minimum absolute atomic E-state index is 0.150. The number of carbonyl (C=O) groups is 1. The van der Waals surface area contributed by atoms with Crippen molar-refractivity contribution < 1.29 is 32.2 Å². The summed E-state index contributed by atoms with van der Waals surface area (Å²) in [5, 5.41) is 9.75. The van der Waals surface area contributed by atoms with Gasteiger partial charge in [0.15, 0.2) is 0 Å². The molecule has 9 heteroatoms. The first-order valence-electron chi connectivity index (χ1n) is 10.8. The molecule has 0 aliphatic rings. The van der Waals surface area contributed by atoms with Gasteiger partial charge in [-0.2, -0.15) is 13.2 Å². The molecule has 0 spiro atoms. The van der Waals surface area contributed by atoms with E-state index in [-0.39, 0.29) is 18.9 Å². The number of oxazole rings is 1. The van der Waals surface area contributed by atoms with Crippen LogP contribution in [-0.2, 0) is 24.1 Å². The Balaban J connectivity index is 1.40. The number of fused-ring (bicyclic) bond motifs is 1. The van der Waals surface area contributed by atoms with E-state index in [2.05, 4.69) is 9.55 Å². The van der Waals surface area contributed by atoms with Crippen molar-refractivity contribution in [3.05, 3.63) is 71.7 Å². The molecule has 0 radical (unpaired) electrons. The molecule has 0 unspecified atom stereocenters. The van der Waals surface area contributed by atoms with Crippen LogP contribution in [0.2, 0.25) is 0 Å². The minimum atomic E-state index is -4.40. The van der Waals surface area contributed by atoms with E-state index in [0.717, 1.165) is 36.0 Å². The summed E-state index contributed by atoms with van der Waals surface area (Å²) in [5.41, 5.74) is 1.32. The molecule has 2 aromatic carbocycles. The normalized spacial score (nSPS) is 11.8. The van der Waals surface area contributed by atoms with Gasteiger partial charge in [0.25, 0.3) is 0 Å². The van der Waals surface area contributed by atoms with Crippen molar-refractivity contribution in [3.8, 4) is 17.2 Å². The number of nitrogens with zero attached hydrogens (tertiary/aromatic N) is 2. The Kier molecular flexibility index (Phi) is 6.63. The van der Waals surface area contributed by atoms with Crippen LogP contribution >= 0.6 is 0 Å². The summed E-state index contributed by atoms with van der Waals surface area (Å²) in [4.78, 5) is 15.0. The van der Waals surface area contributed by atoms with Crippen LogP contribution < -0.4 is 4.74 Å². The Morgan fingerprint density at radius 3 is 2.59 bits per heavy atom. The summed E-state index contributed by atoms with van der Waals surface area (Å²) in [6.07, 6.45) is -0.859. The zero-order valence-corrected chi connectivity index (χ0v) is 18.4. The maximum atomic E-state index is 12.8. The van der Waals surface area contributed by atoms with Gasteiger partial charge in [0.05, 0.1) is 5.56 Å². The lowest BCUT2D eigenvalue weighted by Gasteiger charge is -2.07. The molecule has 2 aromatic heterocycles. The molecule has 34 heavy (non-hydrogen) atoms. The fourth-order valence-corrected chi connectivity index (χ4v) is 3.66. The van der Waals surface area contributed by atoms with E-state index in [1.54, 1.807) is 6.92 Å². The van der Waals surface area contributed by atoms with Gasteiger partial charge >= 0.3 is 12.1 Å². The molecule has 4 aromatic rings. The Bertz CT molecular complexity index is 1290. The van der Waals surface area contributed by atoms with Gasteiger partial charge in [0.1, 0.15) is 23.8 Å². The molecule has 1 N–H and O–H groups in total. The summed E-state index contributed by atoms with van der Waals surface area (Å²) in [6.45, 7) is 2.62. The molecule has 2 heterocycles. The third-order valence-electron chi connectivity index (χ3n) is 5.51. The molecule has 6 nitrogen and oxygen atoms in total. The molecular weight excluding hydrogens is 449 g/mol. The van der Waals surface area contributed by atoms with E-state index < -0.39 is 17.7 Å². The third-order valence-corrected chi connectivity index (χ3v) is 5.51. The molecular formula is C25H23F3N2O4. The highest BCUT2D eigenvalue weighted by atomic mass is 19.4. The number of aromatic nitrogens is 2. The lowest BCUT2D eigenvalue weighted by atomic mass is 10.1. The molecule has 0 bridgehead atoms. The Morgan fingerprint density at radius 2 is 1.88 bits per heavy atom. The van der Waals surface area contributed by atoms with Gasteiger partial charge in [-0.1, -0.05) is 0 Å².